The average Bonchev–Trinajstić information content (AvgIpc) is 3.23. The summed E-state index contributed by atoms with van der Waals surface area (Å²) < 4.78 is 7.33. The second kappa shape index (κ2) is 9.87. The molecule has 3 aromatic rings. The van der Waals surface area contributed by atoms with Crippen LogP contribution in [0.2, 0.25) is 0 Å². The number of hydrogen-bond acceptors (Lipinski definition) is 4. The predicted octanol–water partition coefficient (Wildman–Crippen LogP) is 4.56. The van der Waals surface area contributed by atoms with Gasteiger partial charge in [-0.15, -0.1) is 0 Å². The summed E-state index contributed by atoms with van der Waals surface area (Å²) in [5.41, 5.74) is 1.63. The van der Waals surface area contributed by atoms with Gasteiger partial charge in [0.05, 0.1) is 12.2 Å². The molecule has 0 unspecified atom stereocenters. The fourth-order valence-electron chi connectivity index (χ4n) is 3.22. The number of aromatic nitrogens is 2. The molecule has 1 N–H and O–H groups in total. The third-order valence-corrected chi connectivity index (χ3v) is 5.09. The van der Waals surface area contributed by atoms with Gasteiger partial charge in [0, 0.05) is 6.07 Å². The molecule has 0 aliphatic carbocycles. The SMILES string of the molecule is CC[C@H](C)n1nccc1NC(=O)[C@@H](C)OC(=O)C(c1ccccc1)c1ccccc1. The van der Waals surface area contributed by atoms with Gasteiger partial charge in [-0.05, 0) is 31.4 Å². The number of nitrogens with zero attached hydrogens (tertiary/aromatic N) is 2. The molecule has 1 aromatic heterocycles. The standard InChI is InChI=1S/C24H27N3O3/c1-4-17(2)27-21(15-16-25-27)26-23(28)18(3)30-24(29)22(19-11-7-5-8-12-19)20-13-9-6-10-14-20/h5-18,22H,4H2,1-3H3,(H,26,28)/t17-,18+/m0/s1. The molecule has 6 nitrogen and oxygen atoms in total. The lowest BCUT2D eigenvalue weighted by Gasteiger charge is -2.21. The highest BCUT2D eigenvalue weighted by Crippen LogP contribution is 2.26. The molecule has 0 saturated heterocycles. The van der Waals surface area contributed by atoms with Gasteiger partial charge in [-0.25, -0.2) is 4.68 Å². The summed E-state index contributed by atoms with van der Waals surface area (Å²) in [4.78, 5) is 25.7. The molecule has 0 bridgehead atoms. The van der Waals surface area contributed by atoms with Crippen LogP contribution in [0.5, 0.6) is 0 Å². The first kappa shape index (κ1) is 21.3. The second-order valence-corrected chi connectivity index (χ2v) is 7.24. The maximum absolute atomic E-state index is 13.1. The molecule has 0 spiro atoms. The number of anilines is 1. The molecule has 0 aliphatic rings. The highest BCUT2D eigenvalue weighted by molar-refractivity contribution is 5.95. The van der Waals surface area contributed by atoms with Crippen molar-refractivity contribution in [3.8, 4) is 0 Å². The second-order valence-electron chi connectivity index (χ2n) is 7.24. The van der Waals surface area contributed by atoms with E-state index in [-0.39, 0.29) is 6.04 Å². The first-order chi connectivity index (χ1) is 14.5. The maximum Gasteiger partial charge on any atom is 0.318 e. The quantitative estimate of drug-likeness (QED) is 0.558. The van der Waals surface area contributed by atoms with E-state index in [1.807, 2.05) is 67.6 Å². The van der Waals surface area contributed by atoms with Gasteiger partial charge in [-0.3, -0.25) is 9.59 Å². The lowest BCUT2D eigenvalue weighted by Crippen LogP contribution is -2.33. The summed E-state index contributed by atoms with van der Waals surface area (Å²) in [6, 6.07) is 20.7. The highest BCUT2D eigenvalue weighted by Gasteiger charge is 2.28. The average molecular weight is 405 g/mol. The fraction of sp³-hybridized carbons (Fsp3) is 0.292. The van der Waals surface area contributed by atoms with Crippen molar-refractivity contribution in [1.29, 1.82) is 0 Å². The minimum absolute atomic E-state index is 0.147. The van der Waals surface area contributed by atoms with Crippen LogP contribution in [0.4, 0.5) is 5.82 Å². The van der Waals surface area contributed by atoms with Crippen LogP contribution in [0.25, 0.3) is 0 Å². The Morgan fingerprint density at radius 1 is 0.967 bits per heavy atom. The van der Waals surface area contributed by atoms with Crippen molar-refractivity contribution >= 4 is 17.7 Å². The molecular formula is C24H27N3O3. The molecule has 2 atom stereocenters. The van der Waals surface area contributed by atoms with E-state index >= 15 is 0 Å². The van der Waals surface area contributed by atoms with Gasteiger partial charge >= 0.3 is 5.97 Å². The predicted molar refractivity (Wildman–Crippen MR) is 116 cm³/mol. The normalized spacial score (nSPS) is 12.9. The van der Waals surface area contributed by atoms with Crippen LogP contribution in [0, 0.1) is 0 Å². The van der Waals surface area contributed by atoms with Gasteiger partial charge in [0.2, 0.25) is 0 Å². The van der Waals surface area contributed by atoms with Crippen molar-refractivity contribution in [1.82, 2.24) is 9.78 Å². The van der Waals surface area contributed by atoms with Gasteiger partial charge in [0.25, 0.3) is 5.91 Å². The van der Waals surface area contributed by atoms with Crippen LogP contribution in [-0.2, 0) is 14.3 Å². The maximum atomic E-state index is 13.1. The summed E-state index contributed by atoms with van der Waals surface area (Å²) in [5, 5.41) is 7.08. The van der Waals surface area contributed by atoms with E-state index in [0.717, 1.165) is 17.5 Å². The first-order valence-electron chi connectivity index (χ1n) is 10.2. The number of amides is 1. The van der Waals surface area contributed by atoms with E-state index < -0.39 is 23.9 Å². The molecule has 1 heterocycles. The Bertz CT molecular complexity index is 930. The zero-order valence-electron chi connectivity index (χ0n) is 17.5. The van der Waals surface area contributed by atoms with E-state index in [9.17, 15) is 9.59 Å². The van der Waals surface area contributed by atoms with E-state index in [4.69, 9.17) is 4.74 Å². The van der Waals surface area contributed by atoms with Crippen LogP contribution in [0.3, 0.4) is 0 Å². The summed E-state index contributed by atoms with van der Waals surface area (Å²) in [5.74, 6) is -0.882. The van der Waals surface area contributed by atoms with Crippen molar-refractivity contribution in [2.45, 2.75) is 45.3 Å². The molecule has 3 rings (SSSR count). The Labute approximate surface area is 176 Å². The van der Waals surface area contributed by atoms with Crippen LogP contribution in [0.1, 0.15) is 50.3 Å². The molecule has 0 radical (unpaired) electrons. The molecule has 2 aromatic carbocycles. The van der Waals surface area contributed by atoms with Gasteiger partial charge in [0.15, 0.2) is 6.10 Å². The van der Waals surface area contributed by atoms with Gasteiger partial charge < -0.3 is 10.1 Å². The first-order valence-corrected chi connectivity index (χ1v) is 10.2. The molecule has 0 fully saturated rings. The van der Waals surface area contributed by atoms with Gasteiger partial charge in [0.1, 0.15) is 11.7 Å². The van der Waals surface area contributed by atoms with Crippen LogP contribution in [-0.4, -0.2) is 27.8 Å². The topological polar surface area (TPSA) is 73.2 Å². The van der Waals surface area contributed by atoms with Crippen molar-refractivity contribution in [2.75, 3.05) is 5.32 Å². The molecule has 6 heteroatoms. The van der Waals surface area contributed by atoms with E-state index in [1.165, 1.54) is 0 Å². The Kier molecular flexibility index (Phi) is 7.01. The third-order valence-electron chi connectivity index (χ3n) is 5.09. The van der Waals surface area contributed by atoms with Crippen molar-refractivity contribution in [2.24, 2.45) is 0 Å². The number of ether oxygens (including phenoxy) is 1. The highest BCUT2D eigenvalue weighted by atomic mass is 16.5. The van der Waals surface area contributed by atoms with Crippen molar-refractivity contribution < 1.29 is 14.3 Å². The fourth-order valence-corrected chi connectivity index (χ4v) is 3.22. The minimum Gasteiger partial charge on any atom is -0.452 e. The zero-order valence-corrected chi connectivity index (χ0v) is 17.5. The summed E-state index contributed by atoms with van der Waals surface area (Å²) in [6.07, 6.45) is 1.57. The number of nitrogens with one attached hydrogen (secondary N) is 1. The summed E-state index contributed by atoms with van der Waals surface area (Å²) in [7, 11) is 0. The molecule has 30 heavy (non-hydrogen) atoms. The number of rotatable bonds is 8. The molecule has 1 amide bonds. The number of esters is 1. The number of hydrogen-bond donors (Lipinski definition) is 1. The smallest absolute Gasteiger partial charge is 0.318 e. The lowest BCUT2D eigenvalue weighted by atomic mass is 9.91. The molecule has 0 saturated carbocycles. The Hall–Kier alpha value is -3.41. The Balaban J connectivity index is 1.74. The summed E-state index contributed by atoms with van der Waals surface area (Å²) in [6.45, 7) is 5.65. The van der Waals surface area contributed by atoms with Crippen molar-refractivity contribution in [3.63, 3.8) is 0 Å². The zero-order chi connectivity index (χ0) is 21.5. The number of carbonyl (C=O) groups is 2. The number of benzene rings is 2. The number of carbonyl (C=O) groups excluding carboxylic acids is 2. The van der Waals surface area contributed by atoms with Gasteiger partial charge in [-0.2, -0.15) is 5.10 Å². The van der Waals surface area contributed by atoms with Crippen LogP contribution < -0.4 is 5.32 Å². The van der Waals surface area contributed by atoms with Crippen molar-refractivity contribution in [3.05, 3.63) is 84.1 Å². The Morgan fingerprint density at radius 2 is 1.53 bits per heavy atom. The monoisotopic (exact) mass is 405 g/mol. The lowest BCUT2D eigenvalue weighted by molar-refractivity contribution is -0.153. The van der Waals surface area contributed by atoms with E-state index in [0.29, 0.717) is 5.82 Å². The van der Waals surface area contributed by atoms with E-state index in [2.05, 4.69) is 17.3 Å². The van der Waals surface area contributed by atoms with Crippen LogP contribution in [0.15, 0.2) is 72.9 Å². The van der Waals surface area contributed by atoms with Gasteiger partial charge in [-0.1, -0.05) is 67.6 Å². The van der Waals surface area contributed by atoms with Crippen LogP contribution >= 0.6 is 0 Å². The summed E-state index contributed by atoms with van der Waals surface area (Å²) >= 11 is 0. The Morgan fingerprint density at radius 3 is 2.07 bits per heavy atom. The molecule has 0 aliphatic heterocycles. The largest absolute Gasteiger partial charge is 0.452 e. The molecule has 156 valence electrons. The third kappa shape index (κ3) is 4.95. The minimum atomic E-state index is -0.951. The molecular weight excluding hydrogens is 378 g/mol. The van der Waals surface area contributed by atoms with E-state index in [1.54, 1.807) is 23.9 Å².